The average Bonchev–Trinajstić information content (AvgIpc) is 3.34. The summed E-state index contributed by atoms with van der Waals surface area (Å²) in [6.07, 6.45) is 58.2. The zero-order valence-corrected chi connectivity index (χ0v) is 43.9. The van der Waals surface area contributed by atoms with E-state index < -0.39 is 49.5 Å². The number of rotatable bonds is 48. The number of hydrogen-bond acceptors (Lipinski definition) is 8. The monoisotopic (exact) mass is 958 g/mol. The quantitative estimate of drug-likeness (QED) is 0.0261. The van der Waals surface area contributed by atoms with Gasteiger partial charge in [-0.2, -0.15) is 0 Å². The van der Waals surface area contributed by atoms with Crippen molar-refractivity contribution in [1.29, 1.82) is 0 Å². The second-order valence-corrected chi connectivity index (χ2v) is 19.7. The molecule has 0 aliphatic carbocycles. The predicted octanol–water partition coefficient (Wildman–Crippen LogP) is 13.9. The highest BCUT2D eigenvalue weighted by atomic mass is 16.7. The van der Waals surface area contributed by atoms with Crippen LogP contribution in [0.5, 0.6) is 0 Å². The lowest BCUT2D eigenvalue weighted by molar-refractivity contribution is -0.302. The van der Waals surface area contributed by atoms with Gasteiger partial charge in [-0.25, -0.2) is 0 Å². The Hall–Kier alpha value is -2.11. The van der Waals surface area contributed by atoms with Gasteiger partial charge in [-0.1, -0.05) is 248 Å². The number of hydrogen-bond donors (Lipinski definition) is 6. The third-order valence-corrected chi connectivity index (χ3v) is 13.4. The van der Waals surface area contributed by atoms with Crippen molar-refractivity contribution in [3.8, 4) is 0 Å². The third kappa shape index (κ3) is 37.7. The molecular weight excluding hydrogens is 851 g/mol. The van der Waals surface area contributed by atoms with Crippen LogP contribution in [0.15, 0.2) is 60.8 Å². The molecule has 0 aromatic rings. The van der Waals surface area contributed by atoms with E-state index in [0.29, 0.717) is 12.8 Å². The molecule has 1 fully saturated rings. The van der Waals surface area contributed by atoms with E-state index in [1.54, 1.807) is 0 Å². The van der Waals surface area contributed by atoms with Crippen LogP contribution in [-0.4, -0.2) is 87.5 Å². The Balaban J connectivity index is 2.15. The summed E-state index contributed by atoms with van der Waals surface area (Å²) in [5.74, 6) is -0.145. The van der Waals surface area contributed by atoms with Crippen LogP contribution in [0.25, 0.3) is 0 Å². The predicted molar refractivity (Wildman–Crippen MR) is 286 cm³/mol. The number of ether oxygens (including phenoxy) is 2. The topological polar surface area (TPSA) is 149 Å². The van der Waals surface area contributed by atoms with Crippen LogP contribution >= 0.6 is 0 Å². The van der Waals surface area contributed by atoms with E-state index in [4.69, 9.17) is 9.47 Å². The van der Waals surface area contributed by atoms with Gasteiger partial charge >= 0.3 is 0 Å². The summed E-state index contributed by atoms with van der Waals surface area (Å²) in [6, 6.07) is -0.720. The number of allylic oxidation sites excluding steroid dienone is 10. The Labute approximate surface area is 417 Å². The molecule has 0 radical (unpaired) electrons. The largest absolute Gasteiger partial charge is 0.394 e. The Kier molecular flexibility index (Phi) is 45.6. The lowest BCUT2D eigenvalue weighted by Gasteiger charge is -2.40. The van der Waals surface area contributed by atoms with E-state index in [1.807, 2.05) is 0 Å². The minimum atomic E-state index is -1.55. The standard InChI is InChI=1S/C59H107NO8/c1-3-5-7-9-11-13-15-17-19-20-21-22-23-24-25-26-27-28-29-30-31-32-33-34-35-37-39-41-43-45-47-49-55(63)60-52(51-67-59-58(66)57(65)56(64)54(50-61)68-59)53(62)48-46-44-42-40-38-36-18-16-14-12-10-8-6-4-2/h5,7,11,13,17,19,21-22,24-25,52-54,56-59,61-62,64-66H,3-4,6,8-10,12,14-16,18,20,23,26-51H2,1-2H3,(H,60,63)/b7-5-,13-11-,19-17-,22-21-,25-24-. The van der Waals surface area contributed by atoms with Crippen molar-refractivity contribution in [2.75, 3.05) is 13.2 Å². The van der Waals surface area contributed by atoms with E-state index in [1.165, 1.54) is 154 Å². The number of aliphatic hydroxyl groups is 5. The van der Waals surface area contributed by atoms with Crippen LogP contribution in [0.3, 0.4) is 0 Å². The van der Waals surface area contributed by atoms with Gasteiger partial charge in [-0.15, -0.1) is 0 Å². The molecule has 68 heavy (non-hydrogen) atoms. The molecule has 6 N–H and O–H groups in total. The van der Waals surface area contributed by atoms with Crippen molar-refractivity contribution in [2.45, 2.75) is 294 Å². The first kappa shape index (κ1) is 63.9. The zero-order chi connectivity index (χ0) is 49.4. The molecule has 0 spiro atoms. The zero-order valence-electron chi connectivity index (χ0n) is 43.9. The van der Waals surface area contributed by atoms with Crippen LogP contribution < -0.4 is 5.32 Å². The van der Waals surface area contributed by atoms with Gasteiger partial charge in [0.05, 0.1) is 25.4 Å². The molecule has 7 atom stereocenters. The maximum Gasteiger partial charge on any atom is 0.220 e. The Morgan fingerprint density at radius 3 is 1.35 bits per heavy atom. The Morgan fingerprint density at radius 2 is 0.912 bits per heavy atom. The van der Waals surface area contributed by atoms with Crippen LogP contribution in [-0.2, 0) is 14.3 Å². The van der Waals surface area contributed by atoms with Crippen LogP contribution in [0, 0.1) is 0 Å². The Morgan fingerprint density at radius 1 is 0.515 bits per heavy atom. The van der Waals surface area contributed by atoms with Gasteiger partial charge < -0.3 is 40.3 Å². The minimum Gasteiger partial charge on any atom is -0.394 e. The molecule has 0 saturated carbocycles. The number of carbonyl (C=O) groups is 1. The maximum absolute atomic E-state index is 13.1. The van der Waals surface area contributed by atoms with Gasteiger partial charge in [0.2, 0.25) is 5.91 Å². The number of amides is 1. The molecule has 0 aromatic heterocycles. The highest BCUT2D eigenvalue weighted by molar-refractivity contribution is 5.76. The summed E-state index contributed by atoms with van der Waals surface area (Å²) in [5, 5.41) is 54.6. The van der Waals surface area contributed by atoms with Gasteiger partial charge in [0, 0.05) is 6.42 Å². The number of nitrogens with one attached hydrogen (secondary N) is 1. The fourth-order valence-corrected chi connectivity index (χ4v) is 8.90. The van der Waals surface area contributed by atoms with Gasteiger partial charge in [0.15, 0.2) is 6.29 Å². The number of unbranched alkanes of at least 4 members (excludes halogenated alkanes) is 28. The summed E-state index contributed by atoms with van der Waals surface area (Å²) in [7, 11) is 0. The molecule has 1 saturated heterocycles. The van der Waals surface area contributed by atoms with Gasteiger partial charge in [0.25, 0.3) is 0 Å². The molecule has 1 aliphatic rings. The second-order valence-electron chi connectivity index (χ2n) is 19.7. The van der Waals surface area contributed by atoms with E-state index in [9.17, 15) is 30.3 Å². The van der Waals surface area contributed by atoms with Crippen molar-refractivity contribution < 1.29 is 39.8 Å². The molecule has 396 valence electrons. The van der Waals surface area contributed by atoms with Gasteiger partial charge in [-0.05, 0) is 57.8 Å². The van der Waals surface area contributed by atoms with Crippen molar-refractivity contribution >= 4 is 5.91 Å². The highest BCUT2D eigenvalue weighted by Crippen LogP contribution is 2.23. The average molecular weight is 959 g/mol. The van der Waals surface area contributed by atoms with Crippen LogP contribution in [0.2, 0.25) is 0 Å². The molecule has 9 heteroatoms. The summed E-state index contributed by atoms with van der Waals surface area (Å²) >= 11 is 0. The fraction of sp³-hybridized carbons (Fsp3) is 0.814. The van der Waals surface area contributed by atoms with E-state index >= 15 is 0 Å². The molecule has 7 unspecified atom stereocenters. The third-order valence-electron chi connectivity index (χ3n) is 13.4. The van der Waals surface area contributed by atoms with Gasteiger partial charge in [0.1, 0.15) is 24.4 Å². The highest BCUT2D eigenvalue weighted by Gasteiger charge is 2.44. The smallest absolute Gasteiger partial charge is 0.220 e. The van der Waals surface area contributed by atoms with Crippen LogP contribution in [0.4, 0.5) is 0 Å². The summed E-state index contributed by atoms with van der Waals surface area (Å²) in [6.45, 7) is 3.73. The number of carbonyl (C=O) groups excluding carboxylic acids is 1. The van der Waals surface area contributed by atoms with Crippen molar-refractivity contribution in [3.05, 3.63) is 60.8 Å². The molecule has 1 amide bonds. The fourth-order valence-electron chi connectivity index (χ4n) is 8.90. The summed E-state index contributed by atoms with van der Waals surface area (Å²) in [4.78, 5) is 13.1. The molecule has 0 bridgehead atoms. The first-order valence-corrected chi connectivity index (χ1v) is 28.5. The van der Waals surface area contributed by atoms with Crippen molar-refractivity contribution in [1.82, 2.24) is 5.32 Å². The molecule has 1 heterocycles. The summed E-state index contributed by atoms with van der Waals surface area (Å²) in [5.41, 5.74) is 0. The number of aliphatic hydroxyl groups excluding tert-OH is 5. The molecular formula is C59H107NO8. The van der Waals surface area contributed by atoms with E-state index in [0.717, 1.165) is 70.6 Å². The molecule has 1 aliphatic heterocycles. The first-order chi connectivity index (χ1) is 33.3. The first-order valence-electron chi connectivity index (χ1n) is 28.5. The minimum absolute atomic E-state index is 0.138. The van der Waals surface area contributed by atoms with Crippen molar-refractivity contribution in [2.24, 2.45) is 0 Å². The molecule has 9 nitrogen and oxygen atoms in total. The molecule has 0 aromatic carbocycles. The SMILES string of the molecule is CC/C=C\C/C=C\C/C=C\C/C=C\C/C=C\CCCCCCCCCCCCCCCCCC(=O)NC(COC1OC(CO)C(O)C(O)C1O)C(O)CCCCCCCCCCCCCCCC. The van der Waals surface area contributed by atoms with E-state index in [2.05, 4.69) is 79.9 Å². The molecule has 1 rings (SSSR count). The Bertz CT molecular complexity index is 1250. The van der Waals surface area contributed by atoms with Crippen molar-refractivity contribution in [3.63, 3.8) is 0 Å². The summed E-state index contributed by atoms with van der Waals surface area (Å²) < 4.78 is 11.3. The lowest BCUT2D eigenvalue weighted by Crippen LogP contribution is -2.60. The van der Waals surface area contributed by atoms with E-state index in [-0.39, 0.29) is 12.5 Å². The van der Waals surface area contributed by atoms with Gasteiger partial charge in [-0.3, -0.25) is 4.79 Å². The second kappa shape index (κ2) is 48.5. The maximum atomic E-state index is 13.1. The normalized spacial score (nSPS) is 20.0. The lowest BCUT2D eigenvalue weighted by atomic mass is 9.99. The van der Waals surface area contributed by atoms with Crippen LogP contribution in [0.1, 0.15) is 251 Å².